The summed E-state index contributed by atoms with van der Waals surface area (Å²) >= 11 is 0. The first-order chi connectivity index (χ1) is 22.1. The summed E-state index contributed by atoms with van der Waals surface area (Å²) in [6, 6.07) is 10.5. The lowest BCUT2D eigenvalue weighted by Gasteiger charge is -2.35. The molecule has 1 amide bonds. The summed E-state index contributed by atoms with van der Waals surface area (Å²) in [6.45, 7) is 11.3. The second-order valence-electron chi connectivity index (χ2n) is 11.4. The van der Waals surface area contributed by atoms with Gasteiger partial charge < -0.3 is 35.2 Å². The third-order valence-electron chi connectivity index (χ3n) is 8.02. The van der Waals surface area contributed by atoms with Gasteiger partial charge in [0.1, 0.15) is 11.6 Å². The number of piperazine rings is 1. The number of amides is 1. The number of hydrogen-bond acceptors (Lipinski definition) is 11. The van der Waals surface area contributed by atoms with Crippen LogP contribution in [-0.4, -0.2) is 88.0 Å². The predicted molar refractivity (Wildman–Crippen MR) is 182 cm³/mol. The van der Waals surface area contributed by atoms with Crippen molar-refractivity contribution < 1.29 is 22.7 Å². The minimum atomic E-state index is -3.59. The summed E-state index contributed by atoms with van der Waals surface area (Å²) in [6.07, 6.45) is 5.57. The van der Waals surface area contributed by atoms with Crippen molar-refractivity contribution in [2.75, 3.05) is 74.4 Å². The standard InChI is InChI=1S/C33H41N7O5S/c1-6-31(41)35-26-19-27(29(44-5)20-28(26)40-15-13-39(4)14-16-40)37-33-34-21-24(23-11-17-45-18-12-23)32(38-33)36-25-9-7-8-10-30(25)46(42,43)22(2)3/h6-11,19-22H,1,12-18H2,2-5H3,(H,35,41)(H2,34,36,37,38). The van der Waals surface area contributed by atoms with Crippen molar-refractivity contribution in [3.05, 3.63) is 66.9 Å². The number of methoxy groups -OCH3 is 1. The van der Waals surface area contributed by atoms with E-state index in [2.05, 4.69) is 44.4 Å². The van der Waals surface area contributed by atoms with E-state index in [0.717, 1.165) is 43.0 Å². The number of hydrogen-bond donors (Lipinski definition) is 3. The van der Waals surface area contributed by atoms with Gasteiger partial charge in [0.05, 0.1) is 53.2 Å². The molecule has 1 saturated heterocycles. The van der Waals surface area contributed by atoms with Crippen LogP contribution in [-0.2, 0) is 19.4 Å². The van der Waals surface area contributed by atoms with Crippen LogP contribution < -0.4 is 25.6 Å². The summed E-state index contributed by atoms with van der Waals surface area (Å²) < 4.78 is 37.8. The maximum Gasteiger partial charge on any atom is 0.247 e. The molecule has 0 saturated carbocycles. The average Bonchev–Trinajstić information content (AvgIpc) is 3.06. The largest absolute Gasteiger partial charge is 0.494 e. The highest BCUT2D eigenvalue weighted by atomic mass is 32.2. The number of anilines is 6. The molecule has 46 heavy (non-hydrogen) atoms. The van der Waals surface area contributed by atoms with E-state index in [4.69, 9.17) is 14.5 Å². The highest BCUT2D eigenvalue weighted by Crippen LogP contribution is 2.39. The number of rotatable bonds is 11. The fraction of sp³-hybridized carbons (Fsp3) is 0.364. The van der Waals surface area contributed by atoms with Crippen molar-refractivity contribution in [1.29, 1.82) is 0 Å². The molecular weight excluding hydrogens is 606 g/mol. The van der Waals surface area contributed by atoms with Crippen LogP contribution in [0, 0.1) is 0 Å². The monoisotopic (exact) mass is 647 g/mol. The van der Waals surface area contributed by atoms with Gasteiger partial charge >= 0.3 is 0 Å². The number of likely N-dealkylation sites (N-methyl/N-ethyl adjacent to an activating group) is 1. The molecule has 2 aliphatic rings. The van der Waals surface area contributed by atoms with E-state index < -0.39 is 15.1 Å². The normalized spacial score (nSPS) is 15.7. The molecule has 0 atom stereocenters. The van der Waals surface area contributed by atoms with Crippen molar-refractivity contribution in [2.24, 2.45) is 0 Å². The number of nitrogens with zero attached hydrogens (tertiary/aromatic N) is 4. The zero-order chi connectivity index (χ0) is 32.8. The molecule has 0 spiro atoms. The second kappa shape index (κ2) is 14.3. The molecule has 3 aromatic rings. The molecule has 3 N–H and O–H groups in total. The van der Waals surface area contributed by atoms with Gasteiger partial charge in [-0.2, -0.15) is 4.98 Å². The number of carbonyl (C=O) groups is 1. The molecule has 1 fully saturated rings. The lowest BCUT2D eigenvalue weighted by molar-refractivity contribution is -0.111. The molecule has 0 unspecified atom stereocenters. The van der Waals surface area contributed by atoms with E-state index in [-0.39, 0.29) is 16.8 Å². The molecule has 2 aromatic carbocycles. The Balaban J connectivity index is 1.55. The van der Waals surface area contributed by atoms with Gasteiger partial charge in [0.2, 0.25) is 11.9 Å². The van der Waals surface area contributed by atoms with E-state index in [1.807, 2.05) is 12.1 Å². The van der Waals surface area contributed by atoms with Gasteiger partial charge in [-0.3, -0.25) is 4.79 Å². The molecule has 0 aliphatic carbocycles. The highest BCUT2D eigenvalue weighted by Gasteiger charge is 2.25. The van der Waals surface area contributed by atoms with Gasteiger partial charge in [0, 0.05) is 44.0 Å². The molecule has 1 aromatic heterocycles. The van der Waals surface area contributed by atoms with Crippen molar-refractivity contribution in [3.63, 3.8) is 0 Å². The molecule has 13 heteroatoms. The maximum absolute atomic E-state index is 13.2. The zero-order valence-electron chi connectivity index (χ0n) is 26.7. The Bertz CT molecular complexity index is 1730. The minimum Gasteiger partial charge on any atom is -0.494 e. The molecule has 5 rings (SSSR count). The molecule has 12 nitrogen and oxygen atoms in total. The second-order valence-corrected chi connectivity index (χ2v) is 13.9. The van der Waals surface area contributed by atoms with Crippen LogP contribution in [0.1, 0.15) is 25.8 Å². The summed E-state index contributed by atoms with van der Waals surface area (Å²) in [4.78, 5) is 26.5. The first kappa shape index (κ1) is 32.9. The Kier molecular flexibility index (Phi) is 10.2. The molecular formula is C33H41N7O5S. The SMILES string of the molecule is C=CC(=O)Nc1cc(Nc2ncc(C3=CCOCC3)c(Nc3ccccc3S(=O)(=O)C(C)C)n2)c(OC)cc1N1CCN(C)CC1. The molecule has 2 aliphatic heterocycles. The molecule has 3 heterocycles. The topological polar surface area (TPSA) is 138 Å². The third kappa shape index (κ3) is 7.33. The maximum atomic E-state index is 13.2. The van der Waals surface area contributed by atoms with Crippen molar-refractivity contribution in [2.45, 2.75) is 30.4 Å². The van der Waals surface area contributed by atoms with Crippen molar-refractivity contribution in [1.82, 2.24) is 14.9 Å². The number of aromatic nitrogens is 2. The van der Waals surface area contributed by atoms with Gasteiger partial charge in [0.15, 0.2) is 9.84 Å². The van der Waals surface area contributed by atoms with Gasteiger partial charge in [-0.1, -0.05) is 24.8 Å². The number of benzene rings is 2. The number of sulfone groups is 1. The van der Waals surface area contributed by atoms with E-state index >= 15 is 0 Å². The van der Waals surface area contributed by atoms with Gasteiger partial charge in [-0.25, -0.2) is 13.4 Å². The average molecular weight is 648 g/mol. The number of para-hydroxylation sites is 1. The lowest BCUT2D eigenvalue weighted by atomic mass is 10.0. The van der Waals surface area contributed by atoms with E-state index in [9.17, 15) is 13.2 Å². The Morgan fingerprint density at radius 3 is 2.52 bits per heavy atom. The summed E-state index contributed by atoms with van der Waals surface area (Å²) in [5, 5.41) is 8.88. The van der Waals surface area contributed by atoms with Crippen LogP contribution in [0.4, 0.5) is 34.5 Å². The number of ether oxygens (including phenoxy) is 2. The Hall–Kier alpha value is -4.46. The van der Waals surface area contributed by atoms with Crippen LogP contribution in [0.25, 0.3) is 5.57 Å². The third-order valence-corrected chi connectivity index (χ3v) is 10.2. The molecule has 0 bridgehead atoms. The van der Waals surface area contributed by atoms with Crippen LogP contribution in [0.3, 0.4) is 0 Å². The summed E-state index contributed by atoms with van der Waals surface area (Å²) in [5.41, 5.74) is 4.10. The predicted octanol–water partition coefficient (Wildman–Crippen LogP) is 4.83. The summed E-state index contributed by atoms with van der Waals surface area (Å²) in [7, 11) is 0.0764. The van der Waals surface area contributed by atoms with Gasteiger partial charge in [-0.15, -0.1) is 0 Å². The number of carbonyl (C=O) groups excluding carboxylic acids is 1. The number of nitrogens with one attached hydrogen (secondary N) is 3. The Morgan fingerprint density at radius 1 is 1.09 bits per heavy atom. The first-order valence-corrected chi connectivity index (χ1v) is 16.8. The first-order valence-electron chi connectivity index (χ1n) is 15.2. The fourth-order valence-electron chi connectivity index (χ4n) is 5.29. The Morgan fingerprint density at radius 2 is 1.85 bits per heavy atom. The molecule has 244 valence electrons. The van der Waals surface area contributed by atoms with Gasteiger partial charge in [0.25, 0.3) is 0 Å². The van der Waals surface area contributed by atoms with E-state index in [1.54, 1.807) is 57.5 Å². The van der Waals surface area contributed by atoms with Crippen molar-refractivity contribution >= 4 is 55.8 Å². The van der Waals surface area contributed by atoms with Crippen LogP contribution in [0.2, 0.25) is 0 Å². The fourth-order valence-corrected chi connectivity index (χ4v) is 6.49. The summed E-state index contributed by atoms with van der Waals surface area (Å²) in [5.74, 6) is 0.881. The van der Waals surface area contributed by atoms with E-state index in [0.29, 0.717) is 48.3 Å². The van der Waals surface area contributed by atoms with Crippen LogP contribution in [0.15, 0.2) is 66.2 Å². The van der Waals surface area contributed by atoms with Crippen molar-refractivity contribution in [3.8, 4) is 5.75 Å². The van der Waals surface area contributed by atoms with E-state index in [1.165, 1.54) is 6.08 Å². The Labute approximate surface area is 270 Å². The molecule has 0 radical (unpaired) electrons. The van der Waals surface area contributed by atoms with Gasteiger partial charge in [-0.05, 0) is 57.2 Å². The quantitative estimate of drug-likeness (QED) is 0.247. The lowest BCUT2D eigenvalue weighted by Crippen LogP contribution is -2.44. The zero-order valence-corrected chi connectivity index (χ0v) is 27.5. The minimum absolute atomic E-state index is 0.189. The smallest absolute Gasteiger partial charge is 0.247 e. The van der Waals surface area contributed by atoms with Crippen LogP contribution in [0.5, 0.6) is 5.75 Å². The highest BCUT2D eigenvalue weighted by molar-refractivity contribution is 7.92. The van der Waals surface area contributed by atoms with Crippen LogP contribution >= 0.6 is 0 Å².